The van der Waals surface area contributed by atoms with Gasteiger partial charge in [0.25, 0.3) is 0 Å². The van der Waals surface area contributed by atoms with Crippen LogP contribution in [0.25, 0.3) is 0 Å². The van der Waals surface area contributed by atoms with Crippen molar-refractivity contribution < 1.29 is 0 Å². The van der Waals surface area contributed by atoms with Crippen molar-refractivity contribution in [3.8, 4) is 0 Å². The topological polar surface area (TPSA) is 15.3 Å². The highest BCUT2D eigenvalue weighted by molar-refractivity contribution is 5.20. The highest BCUT2D eigenvalue weighted by atomic mass is 15.2. The normalized spacial score (nSPS) is 19.1. The van der Waals surface area contributed by atoms with Gasteiger partial charge in [-0.3, -0.25) is 4.90 Å². The first kappa shape index (κ1) is 13.6. The molecule has 100 valence electrons. The van der Waals surface area contributed by atoms with Crippen molar-refractivity contribution in [1.29, 1.82) is 0 Å². The molecule has 1 atom stereocenters. The van der Waals surface area contributed by atoms with Gasteiger partial charge in [-0.15, -0.1) is 0 Å². The predicted molar refractivity (Wildman–Crippen MR) is 77.7 cm³/mol. The third-order valence-electron chi connectivity index (χ3n) is 4.18. The molecule has 1 aliphatic heterocycles. The average molecular weight is 246 g/mol. The molecule has 1 aromatic carbocycles. The molecule has 1 unspecified atom stereocenters. The molecule has 1 fully saturated rings. The van der Waals surface area contributed by atoms with Crippen LogP contribution in [0.1, 0.15) is 38.3 Å². The summed E-state index contributed by atoms with van der Waals surface area (Å²) in [7, 11) is 0. The van der Waals surface area contributed by atoms with Crippen molar-refractivity contribution in [3.05, 3.63) is 35.9 Å². The number of piperidine rings is 1. The minimum absolute atomic E-state index is 0.600. The highest BCUT2D eigenvalue weighted by Crippen LogP contribution is 2.33. The number of hydrogen-bond donors (Lipinski definition) is 1. The van der Waals surface area contributed by atoms with E-state index in [0.717, 1.165) is 19.0 Å². The zero-order valence-electron chi connectivity index (χ0n) is 11.7. The molecule has 1 N–H and O–H groups in total. The third-order valence-corrected chi connectivity index (χ3v) is 4.18. The second-order valence-corrected chi connectivity index (χ2v) is 5.16. The van der Waals surface area contributed by atoms with Gasteiger partial charge in [0.15, 0.2) is 0 Å². The minimum atomic E-state index is 0.600. The molecule has 1 aliphatic rings. The Labute approximate surface area is 111 Å². The van der Waals surface area contributed by atoms with Crippen LogP contribution in [0.15, 0.2) is 30.3 Å². The summed E-state index contributed by atoms with van der Waals surface area (Å²) in [6.07, 6.45) is 2.60. The molecule has 1 heterocycles. The Hall–Kier alpha value is -0.860. The first-order chi connectivity index (χ1) is 8.86. The Balaban J connectivity index is 2.21. The SMILES string of the molecule is CCN(CC)C(c1ccccc1)C1CCNCC1. The number of benzene rings is 1. The zero-order valence-corrected chi connectivity index (χ0v) is 11.7. The van der Waals surface area contributed by atoms with Crippen LogP contribution < -0.4 is 5.32 Å². The molecule has 0 aliphatic carbocycles. The summed E-state index contributed by atoms with van der Waals surface area (Å²) in [5.41, 5.74) is 1.49. The maximum absolute atomic E-state index is 3.48. The summed E-state index contributed by atoms with van der Waals surface area (Å²) >= 11 is 0. The summed E-state index contributed by atoms with van der Waals surface area (Å²) in [5, 5.41) is 3.48. The van der Waals surface area contributed by atoms with Gasteiger partial charge in [-0.05, 0) is 50.5 Å². The van der Waals surface area contributed by atoms with E-state index in [4.69, 9.17) is 0 Å². The largest absolute Gasteiger partial charge is 0.317 e. The third kappa shape index (κ3) is 3.12. The van der Waals surface area contributed by atoms with E-state index >= 15 is 0 Å². The molecule has 0 spiro atoms. The van der Waals surface area contributed by atoms with Crippen LogP contribution in [0.3, 0.4) is 0 Å². The van der Waals surface area contributed by atoms with E-state index in [9.17, 15) is 0 Å². The van der Waals surface area contributed by atoms with E-state index < -0.39 is 0 Å². The van der Waals surface area contributed by atoms with Crippen molar-refractivity contribution in [3.63, 3.8) is 0 Å². The molecule has 18 heavy (non-hydrogen) atoms. The Morgan fingerprint density at radius 3 is 2.28 bits per heavy atom. The van der Waals surface area contributed by atoms with Gasteiger partial charge >= 0.3 is 0 Å². The molecular formula is C16H26N2. The second-order valence-electron chi connectivity index (χ2n) is 5.16. The molecule has 0 saturated carbocycles. The molecule has 0 aromatic heterocycles. The van der Waals surface area contributed by atoms with Gasteiger partial charge < -0.3 is 5.32 Å². The summed E-state index contributed by atoms with van der Waals surface area (Å²) in [4.78, 5) is 2.62. The molecule has 1 saturated heterocycles. The molecule has 0 bridgehead atoms. The first-order valence-electron chi connectivity index (χ1n) is 7.36. The van der Waals surface area contributed by atoms with E-state index in [1.165, 1.54) is 31.5 Å². The molecular weight excluding hydrogens is 220 g/mol. The number of nitrogens with one attached hydrogen (secondary N) is 1. The smallest absolute Gasteiger partial charge is 0.0376 e. The summed E-state index contributed by atoms with van der Waals surface area (Å²) < 4.78 is 0. The molecule has 2 rings (SSSR count). The Morgan fingerprint density at radius 2 is 1.72 bits per heavy atom. The zero-order chi connectivity index (χ0) is 12.8. The average Bonchev–Trinajstić information content (AvgIpc) is 2.46. The second kappa shape index (κ2) is 6.91. The number of rotatable bonds is 5. The van der Waals surface area contributed by atoms with Crippen LogP contribution in [0, 0.1) is 5.92 Å². The summed E-state index contributed by atoms with van der Waals surface area (Å²) in [6.45, 7) is 9.19. The fourth-order valence-electron chi connectivity index (χ4n) is 3.21. The lowest BCUT2D eigenvalue weighted by Crippen LogP contribution is -2.39. The van der Waals surface area contributed by atoms with Crippen molar-refractivity contribution in [2.45, 2.75) is 32.7 Å². The fraction of sp³-hybridized carbons (Fsp3) is 0.625. The van der Waals surface area contributed by atoms with Crippen molar-refractivity contribution in [2.24, 2.45) is 5.92 Å². The molecule has 1 aromatic rings. The lowest BCUT2D eigenvalue weighted by Gasteiger charge is -2.38. The highest BCUT2D eigenvalue weighted by Gasteiger charge is 2.28. The number of hydrogen-bond acceptors (Lipinski definition) is 2. The molecule has 0 amide bonds. The molecule has 2 heteroatoms. The summed E-state index contributed by atoms with van der Waals surface area (Å²) in [5.74, 6) is 0.800. The van der Waals surface area contributed by atoms with E-state index in [-0.39, 0.29) is 0 Å². The van der Waals surface area contributed by atoms with E-state index in [1.807, 2.05) is 0 Å². The number of nitrogens with zero attached hydrogens (tertiary/aromatic N) is 1. The van der Waals surface area contributed by atoms with Gasteiger partial charge in [0.2, 0.25) is 0 Å². The predicted octanol–water partition coefficient (Wildman–Crippen LogP) is 3.07. The maximum atomic E-state index is 3.48. The standard InChI is InChI=1S/C16H26N2/c1-3-18(4-2)16(14-8-6-5-7-9-14)15-10-12-17-13-11-15/h5-9,15-17H,3-4,10-13H2,1-2H3. The van der Waals surface area contributed by atoms with Crippen LogP contribution >= 0.6 is 0 Å². The van der Waals surface area contributed by atoms with Gasteiger partial charge in [-0.2, -0.15) is 0 Å². The fourth-order valence-corrected chi connectivity index (χ4v) is 3.21. The molecule has 2 nitrogen and oxygen atoms in total. The monoisotopic (exact) mass is 246 g/mol. The van der Waals surface area contributed by atoms with Crippen LogP contribution in [-0.2, 0) is 0 Å². The van der Waals surface area contributed by atoms with Crippen LogP contribution in [-0.4, -0.2) is 31.1 Å². The van der Waals surface area contributed by atoms with Crippen LogP contribution in [0.2, 0.25) is 0 Å². The van der Waals surface area contributed by atoms with Gasteiger partial charge in [0, 0.05) is 6.04 Å². The van der Waals surface area contributed by atoms with Crippen LogP contribution in [0.4, 0.5) is 0 Å². The Morgan fingerprint density at radius 1 is 1.11 bits per heavy atom. The van der Waals surface area contributed by atoms with Crippen molar-refractivity contribution in [2.75, 3.05) is 26.2 Å². The quantitative estimate of drug-likeness (QED) is 0.859. The minimum Gasteiger partial charge on any atom is -0.317 e. The lowest BCUT2D eigenvalue weighted by atomic mass is 9.85. The van der Waals surface area contributed by atoms with E-state index in [1.54, 1.807) is 0 Å². The lowest BCUT2D eigenvalue weighted by molar-refractivity contribution is 0.133. The van der Waals surface area contributed by atoms with Crippen molar-refractivity contribution in [1.82, 2.24) is 10.2 Å². The van der Waals surface area contributed by atoms with Gasteiger partial charge in [-0.25, -0.2) is 0 Å². The van der Waals surface area contributed by atoms with Crippen molar-refractivity contribution >= 4 is 0 Å². The van der Waals surface area contributed by atoms with Gasteiger partial charge in [0.05, 0.1) is 0 Å². The van der Waals surface area contributed by atoms with Gasteiger partial charge in [-0.1, -0.05) is 44.2 Å². The Kier molecular flexibility index (Phi) is 5.21. The first-order valence-corrected chi connectivity index (χ1v) is 7.36. The molecule has 0 radical (unpaired) electrons. The Bertz CT molecular complexity index is 326. The van der Waals surface area contributed by atoms with Crippen LogP contribution in [0.5, 0.6) is 0 Å². The van der Waals surface area contributed by atoms with E-state index in [0.29, 0.717) is 6.04 Å². The summed E-state index contributed by atoms with van der Waals surface area (Å²) in [6, 6.07) is 11.7. The van der Waals surface area contributed by atoms with Gasteiger partial charge in [0.1, 0.15) is 0 Å². The van der Waals surface area contributed by atoms with E-state index in [2.05, 4.69) is 54.4 Å². The maximum Gasteiger partial charge on any atom is 0.0376 e.